The molecule has 0 bridgehead atoms. The molecule has 2 heterocycles. The molecule has 4 aliphatic rings. The molecular weight excluding hydrogens is 202 g/mol. The number of rotatable bonds is 1. The van der Waals surface area contributed by atoms with Gasteiger partial charge in [-0.1, -0.05) is 0 Å². The lowest BCUT2D eigenvalue weighted by atomic mass is 10.1. The van der Waals surface area contributed by atoms with Crippen LogP contribution in [0.1, 0.15) is 25.7 Å². The van der Waals surface area contributed by atoms with E-state index in [0.717, 1.165) is 25.2 Å². The highest BCUT2D eigenvalue weighted by Crippen LogP contribution is 2.49. The van der Waals surface area contributed by atoms with E-state index in [9.17, 15) is 4.79 Å². The molecule has 0 aromatic heterocycles. The zero-order valence-corrected chi connectivity index (χ0v) is 9.10. The number of piperidine rings is 2. The topological polar surface area (TPSA) is 56.1 Å². The van der Waals surface area contributed by atoms with Crippen LogP contribution >= 0.6 is 0 Å². The Morgan fingerprint density at radius 1 is 1.25 bits per heavy atom. The third kappa shape index (κ3) is 1.10. The van der Waals surface area contributed by atoms with Crippen molar-refractivity contribution in [2.45, 2.75) is 49.9 Å². The summed E-state index contributed by atoms with van der Waals surface area (Å²) in [6.45, 7) is 0. The summed E-state index contributed by atoms with van der Waals surface area (Å²) in [4.78, 5) is 14.2. The van der Waals surface area contributed by atoms with Gasteiger partial charge in [0.05, 0.1) is 12.1 Å². The SMILES string of the molecule is N#C[C@@H]1C[C@@H]2C[C@@H]2N1C(=O)[C@@H]1C[C@@H]2C[C@@H]2N1. The molecule has 0 aromatic rings. The number of nitrogens with one attached hydrogen (secondary N) is 1. The van der Waals surface area contributed by atoms with Gasteiger partial charge < -0.3 is 10.2 Å². The molecule has 6 atom stereocenters. The predicted molar refractivity (Wildman–Crippen MR) is 56.2 cm³/mol. The fourth-order valence-corrected chi connectivity index (χ4v) is 3.58. The molecule has 4 heteroatoms. The van der Waals surface area contributed by atoms with Crippen molar-refractivity contribution in [3.05, 3.63) is 0 Å². The number of carbonyl (C=O) groups excluding carboxylic acids is 1. The Morgan fingerprint density at radius 3 is 2.81 bits per heavy atom. The maximum atomic E-state index is 12.3. The first-order valence-corrected chi connectivity index (χ1v) is 6.26. The van der Waals surface area contributed by atoms with Gasteiger partial charge in [-0.25, -0.2) is 0 Å². The fraction of sp³-hybridized carbons (Fsp3) is 0.833. The molecule has 2 saturated heterocycles. The second kappa shape index (κ2) is 2.78. The van der Waals surface area contributed by atoms with E-state index in [4.69, 9.17) is 5.26 Å². The summed E-state index contributed by atoms with van der Waals surface area (Å²) < 4.78 is 0. The number of hydrogen-bond acceptors (Lipinski definition) is 3. The highest BCUT2D eigenvalue weighted by molar-refractivity contribution is 5.84. The van der Waals surface area contributed by atoms with Gasteiger partial charge in [-0.05, 0) is 37.5 Å². The van der Waals surface area contributed by atoms with Crippen LogP contribution in [-0.4, -0.2) is 35.0 Å². The molecule has 0 radical (unpaired) electrons. The largest absolute Gasteiger partial charge is 0.322 e. The predicted octanol–water partition coefficient (Wildman–Crippen LogP) is 0.250. The van der Waals surface area contributed by atoms with Crippen LogP contribution in [0.3, 0.4) is 0 Å². The van der Waals surface area contributed by atoms with E-state index in [2.05, 4.69) is 11.4 Å². The van der Waals surface area contributed by atoms with Gasteiger partial charge in [-0.3, -0.25) is 4.79 Å². The highest BCUT2D eigenvalue weighted by atomic mass is 16.2. The van der Waals surface area contributed by atoms with Crippen LogP contribution in [0.4, 0.5) is 0 Å². The number of nitrogens with zero attached hydrogens (tertiary/aromatic N) is 2. The van der Waals surface area contributed by atoms with Gasteiger partial charge in [-0.15, -0.1) is 0 Å². The third-order valence-electron chi connectivity index (χ3n) is 4.68. The molecule has 84 valence electrons. The van der Waals surface area contributed by atoms with Crippen molar-refractivity contribution in [3.8, 4) is 6.07 Å². The number of nitriles is 1. The lowest BCUT2D eigenvalue weighted by Crippen LogP contribution is -2.48. The van der Waals surface area contributed by atoms with Crippen molar-refractivity contribution in [2.75, 3.05) is 0 Å². The normalized spacial score (nSPS) is 51.8. The van der Waals surface area contributed by atoms with E-state index in [1.54, 1.807) is 0 Å². The lowest BCUT2D eigenvalue weighted by Gasteiger charge is -2.26. The average Bonchev–Trinajstić information content (AvgIpc) is 3.16. The molecule has 0 unspecified atom stereocenters. The van der Waals surface area contributed by atoms with Gasteiger partial charge in [0.1, 0.15) is 6.04 Å². The summed E-state index contributed by atoms with van der Waals surface area (Å²) in [7, 11) is 0. The van der Waals surface area contributed by atoms with Crippen LogP contribution < -0.4 is 5.32 Å². The zero-order chi connectivity index (χ0) is 10.9. The summed E-state index contributed by atoms with van der Waals surface area (Å²) in [5.74, 6) is 1.57. The van der Waals surface area contributed by atoms with E-state index in [1.165, 1.54) is 6.42 Å². The van der Waals surface area contributed by atoms with Crippen LogP contribution in [0.5, 0.6) is 0 Å². The van der Waals surface area contributed by atoms with Gasteiger partial charge in [0.25, 0.3) is 0 Å². The first kappa shape index (κ1) is 9.00. The van der Waals surface area contributed by atoms with Gasteiger partial charge in [0, 0.05) is 12.1 Å². The third-order valence-corrected chi connectivity index (χ3v) is 4.68. The molecule has 0 aromatic carbocycles. The molecule has 1 N–H and O–H groups in total. The molecule has 4 fully saturated rings. The minimum atomic E-state index is -0.144. The fourth-order valence-electron chi connectivity index (χ4n) is 3.58. The molecule has 0 spiro atoms. The van der Waals surface area contributed by atoms with Crippen LogP contribution in [0.2, 0.25) is 0 Å². The summed E-state index contributed by atoms with van der Waals surface area (Å²) >= 11 is 0. The summed E-state index contributed by atoms with van der Waals surface area (Å²) in [6.07, 6.45) is 4.28. The minimum Gasteiger partial charge on any atom is -0.322 e. The maximum Gasteiger partial charge on any atom is 0.241 e. The van der Waals surface area contributed by atoms with Crippen molar-refractivity contribution >= 4 is 5.91 Å². The van der Waals surface area contributed by atoms with Crippen molar-refractivity contribution in [1.29, 1.82) is 5.26 Å². The Morgan fingerprint density at radius 2 is 2.12 bits per heavy atom. The van der Waals surface area contributed by atoms with Crippen LogP contribution in [0, 0.1) is 23.2 Å². The summed E-state index contributed by atoms with van der Waals surface area (Å²) in [5, 5.41) is 12.5. The zero-order valence-electron chi connectivity index (χ0n) is 9.10. The summed E-state index contributed by atoms with van der Waals surface area (Å²) in [6, 6.07) is 3.15. The second-order valence-corrected chi connectivity index (χ2v) is 5.75. The molecule has 4 rings (SSSR count). The number of carbonyl (C=O) groups is 1. The van der Waals surface area contributed by atoms with Crippen molar-refractivity contribution in [3.63, 3.8) is 0 Å². The standard InChI is InChI=1S/C12H15N3O/c13-5-8-1-7-4-11(7)15(8)12(16)10-3-6-2-9(6)14-10/h6-11,14H,1-4H2/t6-,7+,8-,9-,10-,11-/m0/s1. The minimum absolute atomic E-state index is 0.0129. The molecule has 4 nitrogen and oxygen atoms in total. The maximum absolute atomic E-state index is 12.3. The molecule has 2 aliphatic carbocycles. The van der Waals surface area contributed by atoms with Crippen molar-refractivity contribution in [2.24, 2.45) is 11.8 Å². The first-order chi connectivity index (χ1) is 7.78. The quantitative estimate of drug-likeness (QED) is 0.685. The first-order valence-electron chi connectivity index (χ1n) is 6.26. The Kier molecular flexibility index (Phi) is 1.56. The van der Waals surface area contributed by atoms with Crippen molar-refractivity contribution in [1.82, 2.24) is 10.2 Å². The number of fused-ring (bicyclic) bond motifs is 2. The molecule has 2 aliphatic heterocycles. The van der Waals surface area contributed by atoms with Crippen molar-refractivity contribution < 1.29 is 4.79 Å². The van der Waals surface area contributed by atoms with Gasteiger partial charge in [0.15, 0.2) is 0 Å². The molecule has 2 saturated carbocycles. The van der Waals surface area contributed by atoms with Gasteiger partial charge >= 0.3 is 0 Å². The van der Waals surface area contributed by atoms with E-state index in [0.29, 0.717) is 18.0 Å². The number of likely N-dealkylation sites (tertiary alicyclic amines) is 1. The number of amides is 1. The average molecular weight is 217 g/mol. The Hall–Kier alpha value is -1.08. The number of hydrogen-bond donors (Lipinski definition) is 1. The van der Waals surface area contributed by atoms with Crippen LogP contribution in [-0.2, 0) is 4.79 Å². The van der Waals surface area contributed by atoms with Crippen LogP contribution in [0.25, 0.3) is 0 Å². The monoisotopic (exact) mass is 217 g/mol. The smallest absolute Gasteiger partial charge is 0.241 e. The molecule has 1 amide bonds. The van der Waals surface area contributed by atoms with E-state index >= 15 is 0 Å². The van der Waals surface area contributed by atoms with Gasteiger partial charge in [-0.2, -0.15) is 5.26 Å². The Labute approximate surface area is 94.6 Å². The van der Waals surface area contributed by atoms with E-state index in [-0.39, 0.29) is 18.0 Å². The second-order valence-electron chi connectivity index (χ2n) is 5.75. The summed E-state index contributed by atoms with van der Waals surface area (Å²) in [5.41, 5.74) is 0. The Balaban J connectivity index is 1.52. The highest BCUT2D eigenvalue weighted by Gasteiger charge is 2.57. The van der Waals surface area contributed by atoms with E-state index < -0.39 is 0 Å². The lowest BCUT2D eigenvalue weighted by molar-refractivity contribution is -0.134. The molecular formula is C12H15N3O. The van der Waals surface area contributed by atoms with Crippen LogP contribution in [0.15, 0.2) is 0 Å². The molecule has 16 heavy (non-hydrogen) atoms. The Bertz CT molecular complexity index is 392. The van der Waals surface area contributed by atoms with E-state index in [1.807, 2.05) is 4.90 Å². The van der Waals surface area contributed by atoms with Gasteiger partial charge in [0.2, 0.25) is 5.91 Å².